The highest BCUT2D eigenvalue weighted by atomic mass is 31.2. The fourth-order valence-electron chi connectivity index (χ4n) is 14.2. The first kappa shape index (κ1) is 108. The molecule has 0 aliphatic heterocycles. The van der Waals surface area contributed by atoms with E-state index in [1.165, 1.54) is 283 Å². The highest BCUT2D eigenvalue weighted by molar-refractivity contribution is 7.47. The van der Waals surface area contributed by atoms with Gasteiger partial charge in [-0.25, -0.2) is 9.13 Å². The molecule has 5 atom stereocenters. The van der Waals surface area contributed by atoms with Crippen molar-refractivity contribution in [1.82, 2.24) is 0 Å². The number of phosphoric ester groups is 2. The van der Waals surface area contributed by atoms with Gasteiger partial charge in [0.2, 0.25) is 0 Å². The third-order valence-electron chi connectivity index (χ3n) is 21.3. The van der Waals surface area contributed by atoms with E-state index in [0.717, 1.165) is 114 Å². The Hall–Kier alpha value is -1.94. The molecular weight excluding hydrogens is 1430 g/mol. The fraction of sp³-hybridized carbons (Fsp3) is 0.956. The van der Waals surface area contributed by atoms with Crippen molar-refractivity contribution < 1.29 is 80.2 Å². The maximum absolute atomic E-state index is 13.2. The molecule has 0 radical (unpaired) electrons. The number of hydrogen-bond acceptors (Lipinski definition) is 15. The SMILES string of the molecule is CC(C)CCCCCCCCCCCCCCCCCCCCC(=O)O[C@H](COC(=O)CCCCCCCCCCCCCCCCCCC(C)C)COP(=O)(O)OC[C@@H](O)COP(=O)(O)OC[C@@H](COC(=O)CCCCCCCCCCCC(C)C)OC(=O)CCCCCCCCCCCCCCCCCC(C)C. The predicted molar refractivity (Wildman–Crippen MR) is 455 cm³/mol. The second-order valence-electron chi connectivity index (χ2n) is 34.6. The first-order chi connectivity index (χ1) is 53.1. The van der Waals surface area contributed by atoms with E-state index in [2.05, 4.69) is 55.4 Å². The van der Waals surface area contributed by atoms with Crippen LogP contribution in [0.1, 0.15) is 479 Å². The Morgan fingerprint density at radius 2 is 0.382 bits per heavy atom. The maximum atomic E-state index is 13.2. The summed E-state index contributed by atoms with van der Waals surface area (Å²) in [7, 11) is -9.94. The van der Waals surface area contributed by atoms with E-state index in [4.69, 9.17) is 37.0 Å². The summed E-state index contributed by atoms with van der Waals surface area (Å²) in [5, 5.41) is 10.7. The summed E-state index contributed by atoms with van der Waals surface area (Å²) in [5.41, 5.74) is 0. The van der Waals surface area contributed by atoms with Crippen molar-refractivity contribution in [2.24, 2.45) is 23.7 Å². The lowest BCUT2D eigenvalue weighted by Crippen LogP contribution is -2.30. The van der Waals surface area contributed by atoms with Crippen LogP contribution in [0.2, 0.25) is 0 Å². The van der Waals surface area contributed by atoms with Crippen molar-refractivity contribution in [3.05, 3.63) is 0 Å². The van der Waals surface area contributed by atoms with Gasteiger partial charge in [0.25, 0.3) is 0 Å². The van der Waals surface area contributed by atoms with Crippen LogP contribution in [0.3, 0.4) is 0 Å². The molecule has 0 rings (SSSR count). The highest BCUT2D eigenvalue weighted by Crippen LogP contribution is 2.45. The third-order valence-corrected chi connectivity index (χ3v) is 23.2. The van der Waals surface area contributed by atoms with E-state index in [0.29, 0.717) is 25.7 Å². The number of rotatable bonds is 88. The van der Waals surface area contributed by atoms with Crippen LogP contribution in [0.15, 0.2) is 0 Å². The summed E-state index contributed by atoms with van der Waals surface area (Å²) >= 11 is 0. The molecule has 17 nitrogen and oxygen atoms in total. The zero-order valence-corrected chi connectivity index (χ0v) is 74.7. The highest BCUT2D eigenvalue weighted by Gasteiger charge is 2.31. The number of unbranched alkanes of at least 4 members (excludes halogenated alkanes) is 54. The quantitative estimate of drug-likeness (QED) is 0.0222. The minimum Gasteiger partial charge on any atom is -0.462 e. The van der Waals surface area contributed by atoms with Crippen LogP contribution < -0.4 is 0 Å². The summed E-state index contributed by atoms with van der Waals surface area (Å²) in [5.74, 6) is 1.08. The lowest BCUT2D eigenvalue weighted by Gasteiger charge is -2.21. The normalized spacial score (nSPS) is 13.8. The van der Waals surface area contributed by atoms with Gasteiger partial charge in [-0.2, -0.15) is 0 Å². The van der Waals surface area contributed by atoms with Gasteiger partial charge in [0.1, 0.15) is 19.3 Å². The molecule has 0 heterocycles. The molecule has 19 heteroatoms. The predicted octanol–water partition coefficient (Wildman–Crippen LogP) is 27.9. The summed E-state index contributed by atoms with van der Waals surface area (Å²) < 4.78 is 69.1. The van der Waals surface area contributed by atoms with Crippen molar-refractivity contribution in [1.29, 1.82) is 0 Å². The van der Waals surface area contributed by atoms with Gasteiger partial charge in [0.15, 0.2) is 12.2 Å². The minimum atomic E-state index is -4.97. The molecule has 0 amide bonds. The molecule has 3 N–H and O–H groups in total. The standard InChI is InChI=1S/C91H178O17P2/c1-81(2)67-59-51-43-35-28-22-16-11-9-10-12-20-26-32-40-49-57-65-73-90(95)107-86(77-101-88(93)71-63-55-47-39-31-25-19-14-13-17-23-29-36-44-52-60-68-82(3)4)79-105-109(97,98)103-75-85(92)76-104-110(99,100)106-80-87(78-102-89(94)72-64-56-48-42-34-38-46-54-62-70-84(7)8)108-91(96)74-66-58-50-41-33-27-21-15-18-24-30-37-45-53-61-69-83(5)6/h81-87,92H,9-80H2,1-8H3,(H,97,98)(H,99,100)/t85-,86-,87-/m1/s1. The van der Waals surface area contributed by atoms with E-state index < -0.39 is 97.5 Å². The van der Waals surface area contributed by atoms with Crippen molar-refractivity contribution in [3.8, 4) is 0 Å². The van der Waals surface area contributed by atoms with E-state index in [9.17, 15) is 43.2 Å². The molecule has 654 valence electrons. The molecule has 0 bridgehead atoms. The molecule has 0 spiro atoms. The van der Waals surface area contributed by atoms with Gasteiger partial charge in [-0.3, -0.25) is 37.3 Å². The second kappa shape index (κ2) is 79.5. The summed E-state index contributed by atoms with van der Waals surface area (Å²) in [4.78, 5) is 73.4. The molecule has 0 fully saturated rings. The van der Waals surface area contributed by atoms with E-state index in [1.54, 1.807) is 0 Å². The fourth-order valence-corrected chi connectivity index (χ4v) is 15.8. The van der Waals surface area contributed by atoms with Gasteiger partial charge in [-0.05, 0) is 49.4 Å². The Morgan fingerprint density at radius 1 is 0.227 bits per heavy atom. The molecule has 0 aromatic carbocycles. The molecule has 110 heavy (non-hydrogen) atoms. The number of aliphatic hydroxyl groups excluding tert-OH is 1. The molecule has 2 unspecified atom stereocenters. The minimum absolute atomic E-state index is 0.107. The molecule has 0 aromatic heterocycles. The summed E-state index contributed by atoms with van der Waals surface area (Å²) in [6.07, 6.45) is 70.9. The molecule has 0 saturated carbocycles. The number of aliphatic hydroxyl groups is 1. The Balaban J connectivity index is 5.25. The Bertz CT molecular complexity index is 2130. The van der Waals surface area contributed by atoms with E-state index >= 15 is 0 Å². The van der Waals surface area contributed by atoms with E-state index in [-0.39, 0.29) is 25.7 Å². The zero-order chi connectivity index (χ0) is 80.9. The van der Waals surface area contributed by atoms with Crippen LogP contribution in [0.4, 0.5) is 0 Å². The van der Waals surface area contributed by atoms with Crippen LogP contribution >= 0.6 is 15.6 Å². The van der Waals surface area contributed by atoms with Crippen LogP contribution in [0, 0.1) is 23.7 Å². The Morgan fingerprint density at radius 3 is 0.564 bits per heavy atom. The number of ether oxygens (including phenoxy) is 4. The second-order valence-corrected chi connectivity index (χ2v) is 37.5. The zero-order valence-electron chi connectivity index (χ0n) is 72.9. The number of esters is 4. The van der Waals surface area contributed by atoms with Gasteiger partial charge in [-0.15, -0.1) is 0 Å². The van der Waals surface area contributed by atoms with Gasteiger partial charge < -0.3 is 33.8 Å². The average Bonchev–Trinajstić information content (AvgIpc) is 0.898. The summed E-state index contributed by atoms with van der Waals surface area (Å²) in [6.45, 7) is 14.4. The van der Waals surface area contributed by atoms with Crippen molar-refractivity contribution >= 4 is 39.5 Å². The van der Waals surface area contributed by atoms with Crippen molar-refractivity contribution in [3.63, 3.8) is 0 Å². The maximum Gasteiger partial charge on any atom is 0.472 e. The number of carbonyl (C=O) groups is 4. The van der Waals surface area contributed by atoms with Gasteiger partial charge in [0, 0.05) is 25.7 Å². The van der Waals surface area contributed by atoms with E-state index in [1.807, 2.05) is 0 Å². The van der Waals surface area contributed by atoms with Gasteiger partial charge >= 0.3 is 39.5 Å². The monoisotopic (exact) mass is 1610 g/mol. The molecule has 0 aliphatic carbocycles. The lowest BCUT2D eigenvalue weighted by atomic mass is 10.0. The number of carbonyl (C=O) groups excluding carboxylic acids is 4. The molecular formula is C91H178O17P2. The van der Waals surface area contributed by atoms with Crippen LogP contribution in [0.25, 0.3) is 0 Å². The topological polar surface area (TPSA) is 237 Å². The van der Waals surface area contributed by atoms with Crippen molar-refractivity contribution in [2.45, 2.75) is 497 Å². The third kappa shape index (κ3) is 84.0. The Kier molecular flexibility index (Phi) is 78.1. The largest absolute Gasteiger partial charge is 0.472 e. The molecule has 0 saturated heterocycles. The van der Waals surface area contributed by atoms with Crippen LogP contribution in [-0.2, 0) is 65.4 Å². The van der Waals surface area contributed by atoms with Gasteiger partial charge in [0.05, 0.1) is 26.4 Å². The van der Waals surface area contributed by atoms with Crippen molar-refractivity contribution in [2.75, 3.05) is 39.6 Å². The number of hydrogen-bond donors (Lipinski definition) is 3. The lowest BCUT2D eigenvalue weighted by molar-refractivity contribution is -0.161. The molecule has 0 aromatic rings. The number of phosphoric acid groups is 2. The first-order valence-electron chi connectivity index (χ1n) is 46.7. The Labute approximate surface area is 677 Å². The smallest absolute Gasteiger partial charge is 0.462 e. The average molecular weight is 1610 g/mol. The summed E-state index contributed by atoms with van der Waals surface area (Å²) in [6, 6.07) is 0. The van der Waals surface area contributed by atoms with Crippen LogP contribution in [0.5, 0.6) is 0 Å². The first-order valence-corrected chi connectivity index (χ1v) is 49.7. The van der Waals surface area contributed by atoms with Gasteiger partial charge in [-0.1, -0.05) is 428 Å². The molecule has 0 aliphatic rings. The van der Waals surface area contributed by atoms with Crippen LogP contribution in [-0.4, -0.2) is 96.7 Å².